The van der Waals surface area contributed by atoms with E-state index in [9.17, 15) is 9.59 Å². The van der Waals surface area contributed by atoms with Crippen molar-refractivity contribution in [2.75, 3.05) is 16.8 Å². The third-order valence-electron chi connectivity index (χ3n) is 3.75. The highest BCUT2D eigenvalue weighted by molar-refractivity contribution is 6.35. The molecule has 6 heteroatoms. The largest absolute Gasteiger partial charge is 0.326 e. The first-order valence-corrected chi connectivity index (χ1v) is 8.77. The number of nitrogens with zero attached hydrogens (tertiary/aromatic N) is 1. The maximum atomic E-state index is 12.2. The molecule has 25 heavy (non-hydrogen) atoms. The van der Waals surface area contributed by atoms with Crippen LogP contribution in [0.5, 0.6) is 0 Å². The van der Waals surface area contributed by atoms with Crippen molar-refractivity contribution >= 4 is 46.4 Å². The molecule has 4 nitrogen and oxygen atoms in total. The predicted octanol–water partition coefficient (Wildman–Crippen LogP) is 4.94. The highest BCUT2D eigenvalue weighted by Gasteiger charge is 2.14. The molecule has 0 saturated heterocycles. The van der Waals surface area contributed by atoms with Crippen LogP contribution in [0, 0.1) is 0 Å². The van der Waals surface area contributed by atoms with Crippen molar-refractivity contribution in [3.63, 3.8) is 0 Å². The van der Waals surface area contributed by atoms with Crippen LogP contribution in [0.1, 0.15) is 25.8 Å². The van der Waals surface area contributed by atoms with Crippen molar-refractivity contribution < 1.29 is 9.59 Å². The maximum absolute atomic E-state index is 12.2. The van der Waals surface area contributed by atoms with Crippen LogP contribution in [0.25, 0.3) is 0 Å². The third-order valence-corrected chi connectivity index (χ3v) is 4.18. The Bertz CT molecular complexity index is 740. The lowest BCUT2D eigenvalue weighted by Crippen LogP contribution is -2.31. The molecule has 2 aromatic rings. The van der Waals surface area contributed by atoms with Crippen molar-refractivity contribution in [3.05, 3.63) is 58.1 Å². The van der Waals surface area contributed by atoms with Crippen molar-refractivity contribution in [1.82, 2.24) is 0 Å². The van der Waals surface area contributed by atoms with Gasteiger partial charge in [0.25, 0.3) is 0 Å². The second-order valence-electron chi connectivity index (χ2n) is 5.65. The Morgan fingerprint density at radius 3 is 2.16 bits per heavy atom. The zero-order valence-corrected chi connectivity index (χ0v) is 15.7. The number of hydrogen-bond acceptors (Lipinski definition) is 2. The SMILES string of the molecule is CCc1ccc(N(CCC(=O)Nc2cc(Cl)cc(Cl)c2)C(C)=O)cc1. The number of benzene rings is 2. The Balaban J connectivity index is 2.00. The van der Waals surface area contributed by atoms with Gasteiger partial charge in [-0.2, -0.15) is 0 Å². The molecule has 0 unspecified atom stereocenters. The zero-order valence-electron chi connectivity index (χ0n) is 14.2. The number of amides is 2. The predicted molar refractivity (Wildman–Crippen MR) is 104 cm³/mol. The van der Waals surface area contributed by atoms with E-state index in [1.54, 1.807) is 23.1 Å². The molecule has 0 radical (unpaired) electrons. The molecule has 2 rings (SSSR count). The molecule has 0 aliphatic carbocycles. The molecule has 0 bridgehead atoms. The Morgan fingerprint density at radius 2 is 1.64 bits per heavy atom. The lowest BCUT2D eigenvalue weighted by atomic mass is 10.1. The lowest BCUT2D eigenvalue weighted by Gasteiger charge is -2.21. The fraction of sp³-hybridized carbons (Fsp3) is 0.263. The van der Waals surface area contributed by atoms with Gasteiger partial charge >= 0.3 is 0 Å². The average molecular weight is 379 g/mol. The summed E-state index contributed by atoms with van der Waals surface area (Å²) in [7, 11) is 0. The molecule has 1 N–H and O–H groups in total. The number of hydrogen-bond donors (Lipinski definition) is 1. The summed E-state index contributed by atoms with van der Waals surface area (Å²) in [6, 6.07) is 12.6. The number of carbonyl (C=O) groups excluding carboxylic acids is 2. The molecule has 2 aromatic carbocycles. The minimum atomic E-state index is -0.213. The molecule has 0 heterocycles. The number of aryl methyl sites for hydroxylation is 1. The fourth-order valence-corrected chi connectivity index (χ4v) is 2.97. The molecular formula is C19H20Cl2N2O2. The normalized spacial score (nSPS) is 10.4. The molecule has 0 aliphatic rings. The van der Waals surface area contributed by atoms with Gasteiger partial charge in [0.15, 0.2) is 0 Å². The number of halogens is 2. The number of nitrogens with one attached hydrogen (secondary N) is 1. The van der Waals surface area contributed by atoms with Crippen LogP contribution >= 0.6 is 23.2 Å². The monoisotopic (exact) mass is 378 g/mol. The lowest BCUT2D eigenvalue weighted by molar-refractivity contribution is -0.117. The van der Waals surface area contributed by atoms with E-state index >= 15 is 0 Å². The third kappa shape index (κ3) is 5.76. The molecule has 0 fully saturated rings. The minimum absolute atomic E-state index is 0.108. The summed E-state index contributed by atoms with van der Waals surface area (Å²) in [4.78, 5) is 25.7. The van der Waals surface area contributed by atoms with Crippen LogP contribution in [0.2, 0.25) is 10.0 Å². The number of anilines is 2. The van der Waals surface area contributed by atoms with Crippen LogP contribution in [-0.2, 0) is 16.0 Å². The Morgan fingerprint density at radius 1 is 1.04 bits per heavy atom. The van der Waals surface area contributed by atoms with Gasteiger partial charge in [0.05, 0.1) is 0 Å². The van der Waals surface area contributed by atoms with Crippen LogP contribution in [0.4, 0.5) is 11.4 Å². The summed E-state index contributed by atoms with van der Waals surface area (Å²) >= 11 is 11.8. The molecule has 0 saturated carbocycles. The second-order valence-corrected chi connectivity index (χ2v) is 6.52. The van der Waals surface area contributed by atoms with E-state index in [2.05, 4.69) is 12.2 Å². The Kier molecular flexibility index (Phi) is 6.85. The topological polar surface area (TPSA) is 49.4 Å². The van der Waals surface area contributed by atoms with Gasteiger partial charge in [0, 0.05) is 41.3 Å². The maximum Gasteiger partial charge on any atom is 0.226 e. The van der Waals surface area contributed by atoms with E-state index in [0.717, 1.165) is 12.1 Å². The first-order chi connectivity index (χ1) is 11.9. The van der Waals surface area contributed by atoms with Gasteiger partial charge < -0.3 is 10.2 Å². The van der Waals surface area contributed by atoms with Crippen LogP contribution < -0.4 is 10.2 Å². The molecule has 0 aromatic heterocycles. The van der Waals surface area contributed by atoms with Gasteiger partial charge in [-0.15, -0.1) is 0 Å². The van der Waals surface area contributed by atoms with E-state index in [4.69, 9.17) is 23.2 Å². The second kappa shape index (κ2) is 8.88. The van der Waals surface area contributed by atoms with E-state index < -0.39 is 0 Å². The van der Waals surface area contributed by atoms with Gasteiger partial charge in [-0.05, 0) is 42.3 Å². The Labute approximate surface area is 157 Å². The first kappa shape index (κ1) is 19.3. The minimum Gasteiger partial charge on any atom is -0.326 e. The molecule has 0 aliphatic heterocycles. The van der Waals surface area contributed by atoms with Gasteiger partial charge in [-0.25, -0.2) is 0 Å². The van der Waals surface area contributed by atoms with Crippen LogP contribution in [-0.4, -0.2) is 18.4 Å². The van der Waals surface area contributed by atoms with Gasteiger partial charge in [0.2, 0.25) is 11.8 Å². The van der Waals surface area contributed by atoms with Gasteiger partial charge in [-0.3, -0.25) is 9.59 Å². The van der Waals surface area contributed by atoms with Gasteiger partial charge in [0.1, 0.15) is 0 Å². The smallest absolute Gasteiger partial charge is 0.226 e. The van der Waals surface area contributed by atoms with Crippen LogP contribution in [0.15, 0.2) is 42.5 Å². The van der Waals surface area contributed by atoms with Gasteiger partial charge in [-0.1, -0.05) is 42.3 Å². The molecule has 0 atom stereocenters. The Hall–Kier alpha value is -2.04. The standard InChI is InChI=1S/C19H20Cl2N2O2/c1-3-14-4-6-18(7-5-14)23(13(2)24)9-8-19(25)22-17-11-15(20)10-16(21)12-17/h4-7,10-12H,3,8-9H2,1-2H3,(H,22,25). The van der Waals surface area contributed by atoms with Crippen molar-refractivity contribution in [3.8, 4) is 0 Å². The quantitative estimate of drug-likeness (QED) is 0.773. The van der Waals surface area contributed by atoms with E-state index in [-0.39, 0.29) is 18.2 Å². The molecular weight excluding hydrogens is 359 g/mol. The first-order valence-electron chi connectivity index (χ1n) is 8.02. The summed E-state index contributed by atoms with van der Waals surface area (Å²) < 4.78 is 0. The van der Waals surface area contributed by atoms with Crippen molar-refractivity contribution in [2.24, 2.45) is 0 Å². The van der Waals surface area contributed by atoms with E-state index in [0.29, 0.717) is 22.3 Å². The summed E-state index contributed by atoms with van der Waals surface area (Å²) in [5.74, 6) is -0.322. The fourth-order valence-electron chi connectivity index (χ4n) is 2.44. The highest BCUT2D eigenvalue weighted by atomic mass is 35.5. The average Bonchev–Trinajstić information content (AvgIpc) is 2.54. The zero-order chi connectivity index (χ0) is 18.4. The van der Waals surface area contributed by atoms with Crippen LogP contribution in [0.3, 0.4) is 0 Å². The molecule has 132 valence electrons. The highest BCUT2D eigenvalue weighted by Crippen LogP contribution is 2.22. The van der Waals surface area contributed by atoms with Crippen molar-refractivity contribution in [2.45, 2.75) is 26.7 Å². The summed E-state index contributed by atoms with van der Waals surface area (Å²) in [6.07, 6.45) is 1.10. The summed E-state index contributed by atoms with van der Waals surface area (Å²) in [6.45, 7) is 3.85. The molecule has 0 spiro atoms. The number of rotatable bonds is 6. The van der Waals surface area contributed by atoms with E-state index in [1.807, 2.05) is 24.3 Å². The number of carbonyl (C=O) groups is 2. The summed E-state index contributed by atoms with van der Waals surface area (Å²) in [5.41, 5.74) is 2.51. The molecule has 2 amide bonds. The van der Waals surface area contributed by atoms with Crippen molar-refractivity contribution in [1.29, 1.82) is 0 Å². The van der Waals surface area contributed by atoms with E-state index in [1.165, 1.54) is 12.5 Å². The summed E-state index contributed by atoms with van der Waals surface area (Å²) in [5, 5.41) is 3.64.